The summed E-state index contributed by atoms with van der Waals surface area (Å²) in [7, 11) is 1.82. The summed E-state index contributed by atoms with van der Waals surface area (Å²) in [6, 6.07) is 18.9. The van der Waals surface area contributed by atoms with Gasteiger partial charge in [-0.1, -0.05) is 43.3 Å². The van der Waals surface area contributed by atoms with Crippen molar-refractivity contribution in [1.82, 2.24) is 10.6 Å². The Morgan fingerprint density at radius 3 is 2.69 bits per heavy atom. The van der Waals surface area contributed by atoms with Crippen LogP contribution >= 0.6 is 35.7 Å². The van der Waals surface area contributed by atoms with Crippen LogP contribution in [0.15, 0.2) is 64.5 Å². The van der Waals surface area contributed by atoms with Gasteiger partial charge in [-0.25, -0.2) is 0 Å². The van der Waals surface area contributed by atoms with Gasteiger partial charge in [-0.15, -0.1) is 35.7 Å². The van der Waals surface area contributed by atoms with E-state index in [1.807, 2.05) is 37.0 Å². The average Bonchev–Trinajstić information content (AvgIpc) is 2.66. The van der Waals surface area contributed by atoms with Crippen molar-refractivity contribution >= 4 is 41.7 Å². The molecule has 0 spiro atoms. The Hall–Kier alpha value is -1.41. The normalized spacial score (nSPS) is 17.3. The molecule has 0 amide bonds. The van der Waals surface area contributed by atoms with Crippen LogP contribution in [0.4, 0.5) is 0 Å². The lowest BCUT2D eigenvalue weighted by Gasteiger charge is -2.28. The van der Waals surface area contributed by atoms with Crippen molar-refractivity contribution < 1.29 is 4.74 Å². The molecule has 6 heteroatoms. The summed E-state index contributed by atoms with van der Waals surface area (Å²) in [5.74, 6) is 1.80. The molecule has 2 aromatic rings. The van der Waals surface area contributed by atoms with Gasteiger partial charge in [-0.3, -0.25) is 4.99 Å². The maximum Gasteiger partial charge on any atom is 0.191 e. The van der Waals surface area contributed by atoms with Crippen LogP contribution in [0.2, 0.25) is 0 Å². The smallest absolute Gasteiger partial charge is 0.191 e. The third-order valence-electron chi connectivity index (χ3n) is 4.13. The number of para-hydroxylation sites is 1. The number of thioether (sulfide) groups is 1. The number of fused-ring (bicyclic) bond motifs is 1. The van der Waals surface area contributed by atoms with Gasteiger partial charge in [0.05, 0.1) is 12.6 Å². The fourth-order valence-electron chi connectivity index (χ4n) is 2.87. The van der Waals surface area contributed by atoms with Gasteiger partial charge in [0.15, 0.2) is 5.96 Å². The molecular formula is C20H26IN3OS. The SMILES string of the molecule is CN=C(NCC(C)Sc1ccccc1)NC1CCOc2ccccc21.I. The molecule has 0 radical (unpaired) electrons. The molecule has 0 saturated heterocycles. The molecule has 2 unspecified atom stereocenters. The van der Waals surface area contributed by atoms with Crippen LogP contribution in [0.5, 0.6) is 5.75 Å². The van der Waals surface area contributed by atoms with Gasteiger partial charge in [0.2, 0.25) is 0 Å². The lowest BCUT2D eigenvalue weighted by molar-refractivity contribution is 0.261. The lowest BCUT2D eigenvalue weighted by Crippen LogP contribution is -2.42. The van der Waals surface area contributed by atoms with E-state index in [0.29, 0.717) is 5.25 Å². The number of rotatable bonds is 5. The average molecular weight is 483 g/mol. The van der Waals surface area contributed by atoms with E-state index in [-0.39, 0.29) is 30.0 Å². The van der Waals surface area contributed by atoms with E-state index in [9.17, 15) is 0 Å². The zero-order valence-electron chi connectivity index (χ0n) is 15.1. The first-order valence-electron chi connectivity index (χ1n) is 8.67. The van der Waals surface area contributed by atoms with Gasteiger partial charge in [0, 0.05) is 35.7 Å². The molecule has 2 aromatic carbocycles. The number of nitrogens with one attached hydrogen (secondary N) is 2. The number of halogens is 1. The number of nitrogens with zero attached hydrogens (tertiary/aromatic N) is 1. The second kappa shape index (κ2) is 10.7. The Morgan fingerprint density at radius 1 is 1.19 bits per heavy atom. The number of hydrogen-bond donors (Lipinski definition) is 2. The summed E-state index contributed by atoms with van der Waals surface area (Å²) in [4.78, 5) is 5.67. The van der Waals surface area contributed by atoms with Crippen molar-refractivity contribution in [3.8, 4) is 5.75 Å². The van der Waals surface area contributed by atoms with Crippen LogP contribution < -0.4 is 15.4 Å². The molecule has 26 heavy (non-hydrogen) atoms. The monoisotopic (exact) mass is 483 g/mol. The van der Waals surface area contributed by atoms with Gasteiger partial charge in [0.1, 0.15) is 5.75 Å². The first-order chi connectivity index (χ1) is 12.3. The van der Waals surface area contributed by atoms with E-state index in [1.54, 1.807) is 0 Å². The maximum atomic E-state index is 5.73. The number of hydrogen-bond acceptors (Lipinski definition) is 3. The van der Waals surface area contributed by atoms with Gasteiger partial charge in [-0.2, -0.15) is 0 Å². The first kappa shape index (κ1) is 20.9. The van der Waals surface area contributed by atoms with Crippen LogP contribution in [0.3, 0.4) is 0 Å². The van der Waals surface area contributed by atoms with E-state index >= 15 is 0 Å². The van der Waals surface area contributed by atoms with Crippen LogP contribution in [-0.4, -0.2) is 31.4 Å². The van der Waals surface area contributed by atoms with Crippen LogP contribution in [-0.2, 0) is 0 Å². The van der Waals surface area contributed by atoms with Gasteiger partial charge < -0.3 is 15.4 Å². The fraction of sp³-hybridized carbons (Fsp3) is 0.350. The number of ether oxygens (including phenoxy) is 1. The summed E-state index contributed by atoms with van der Waals surface area (Å²) in [6.45, 7) is 3.80. The van der Waals surface area contributed by atoms with Crippen molar-refractivity contribution in [2.45, 2.75) is 29.5 Å². The molecule has 140 valence electrons. The molecule has 0 fully saturated rings. The van der Waals surface area contributed by atoms with E-state index in [1.165, 1.54) is 10.5 Å². The highest BCUT2D eigenvalue weighted by Crippen LogP contribution is 2.31. The molecular weight excluding hydrogens is 457 g/mol. The summed E-state index contributed by atoms with van der Waals surface area (Å²) in [5, 5.41) is 7.42. The Balaban J connectivity index is 0.00000243. The van der Waals surface area contributed by atoms with Gasteiger partial charge >= 0.3 is 0 Å². The quantitative estimate of drug-likeness (QED) is 0.285. The van der Waals surface area contributed by atoms with Crippen LogP contribution in [0.25, 0.3) is 0 Å². The molecule has 3 rings (SSSR count). The van der Waals surface area contributed by atoms with Gasteiger partial charge in [0.25, 0.3) is 0 Å². The van der Waals surface area contributed by atoms with Crippen molar-refractivity contribution in [3.05, 3.63) is 60.2 Å². The number of guanidine groups is 1. The molecule has 2 atom stereocenters. The summed E-state index contributed by atoms with van der Waals surface area (Å²) in [6.07, 6.45) is 0.937. The van der Waals surface area contributed by atoms with Crippen LogP contribution in [0, 0.1) is 0 Å². The molecule has 0 aliphatic carbocycles. The van der Waals surface area contributed by atoms with Crippen molar-refractivity contribution in [2.24, 2.45) is 4.99 Å². The molecule has 1 aliphatic rings. The molecule has 0 bridgehead atoms. The van der Waals surface area contributed by atoms with Crippen molar-refractivity contribution in [1.29, 1.82) is 0 Å². The fourth-order valence-corrected chi connectivity index (χ4v) is 3.81. The molecule has 1 heterocycles. The largest absolute Gasteiger partial charge is 0.493 e. The Labute approximate surface area is 177 Å². The van der Waals surface area contributed by atoms with Crippen molar-refractivity contribution in [2.75, 3.05) is 20.2 Å². The summed E-state index contributed by atoms with van der Waals surface area (Å²) < 4.78 is 5.73. The maximum absolute atomic E-state index is 5.73. The number of benzene rings is 2. The van der Waals surface area contributed by atoms with E-state index in [2.05, 4.69) is 58.9 Å². The van der Waals surface area contributed by atoms with E-state index in [4.69, 9.17) is 4.74 Å². The predicted octanol–water partition coefficient (Wildman–Crippen LogP) is 4.47. The van der Waals surface area contributed by atoms with Crippen molar-refractivity contribution in [3.63, 3.8) is 0 Å². The third kappa shape index (κ3) is 5.81. The van der Waals surface area contributed by atoms with E-state index in [0.717, 1.165) is 31.3 Å². The Kier molecular flexibility index (Phi) is 8.58. The van der Waals surface area contributed by atoms with Gasteiger partial charge in [-0.05, 0) is 18.2 Å². The zero-order valence-corrected chi connectivity index (χ0v) is 18.3. The molecule has 1 aliphatic heterocycles. The highest BCUT2D eigenvalue weighted by molar-refractivity contribution is 14.0. The zero-order chi connectivity index (χ0) is 17.5. The lowest BCUT2D eigenvalue weighted by atomic mass is 10.0. The first-order valence-corrected chi connectivity index (χ1v) is 9.55. The summed E-state index contributed by atoms with van der Waals surface area (Å²) in [5.41, 5.74) is 1.20. The standard InChI is InChI=1S/C20H25N3OS.HI/c1-15(25-16-8-4-3-5-9-16)14-22-20(21-2)23-18-12-13-24-19-11-7-6-10-17(18)19;/h3-11,15,18H,12-14H2,1-2H3,(H2,21,22,23);1H. The molecule has 0 saturated carbocycles. The second-order valence-corrected chi connectivity index (χ2v) is 7.58. The minimum atomic E-state index is 0. The second-order valence-electron chi connectivity index (χ2n) is 6.07. The minimum Gasteiger partial charge on any atom is -0.493 e. The molecule has 4 nitrogen and oxygen atoms in total. The Bertz CT molecular complexity index is 711. The van der Waals surface area contributed by atoms with E-state index < -0.39 is 0 Å². The summed E-state index contributed by atoms with van der Waals surface area (Å²) >= 11 is 1.87. The third-order valence-corrected chi connectivity index (χ3v) is 5.24. The molecule has 2 N–H and O–H groups in total. The van der Waals surface area contributed by atoms with Crippen LogP contribution in [0.1, 0.15) is 24.9 Å². The highest BCUT2D eigenvalue weighted by atomic mass is 127. The highest BCUT2D eigenvalue weighted by Gasteiger charge is 2.21. The predicted molar refractivity (Wildman–Crippen MR) is 121 cm³/mol. The topological polar surface area (TPSA) is 45.7 Å². The minimum absolute atomic E-state index is 0. The Morgan fingerprint density at radius 2 is 1.92 bits per heavy atom. The number of aliphatic imine (C=N–C) groups is 1. The molecule has 0 aromatic heterocycles.